The molecule has 0 saturated carbocycles. The van der Waals surface area contributed by atoms with E-state index in [1.54, 1.807) is 6.92 Å². The number of nitrogens with zero attached hydrogens (tertiary/aromatic N) is 1. The highest BCUT2D eigenvalue weighted by Gasteiger charge is 2.24. The molecule has 0 aliphatic heterocycles. The number of esters is 1. The number of furan rings is 1. The Morgan fingerprint density at radius 2 is 2.05 bits per heavy atom. The van der Waals surface area contributed by atoms with Gasteiger partial charge in [-0.05, 0) is 39.2 Å². The van der Waals surface area contributed by atoms with Crippen LogP contribution in [0.3, 0.4) is 0 Å². The van der Waals surface area contributed by atoms with Gasteiger partial charge < -0.3 is 13.6 Å². The van der Waals surface area contributed by atoms with Crippen LogP contribution in [0.15, 0.2) is 14.9 Å². The van der Waals surface area contributed by atoms with E-state index in [0.717, 1.165) is 17.1 Å². The zero-order valence-electron chi connectivity index (χ0n) is 13.1. The average molecular weight is 291 g/mol. The lowest BCUT2D eigenvalue weighted by molar-refractivity contribution is 0.0489. The highest BCUT2D eigenvalue weighted by atomic mass is 16.5. The van der Waals surface area contributed by atoms with Crippen molar-refractivity contribution in [2.45, 2.75) is 41.0 Å². The predicted molar refractivity (Wildman–Crippen MR) is 78.2 cm³/mol. The summed E-state index contributed by atoms with van der Waals surface area (Å²) in [4.78, 5) is 16.5. The number of hydrogen-bond donors (Lipinski definition) is 0. The van der Waals surface area contributed by atoms with Crippen LogP contribution >= 0.6 is 0 Å². The van der Waals surface area contributed by atoms with E-state index in [1.807, 2.05) is 19.9 Å². The molecule has 0 atom stereocenters. The van der Waals surface area contributed by atoms with Crippen molar-refractivity contribution >= 4 is 5.97 Å². The van der Waals surface area contributed by atoms with Crippen LogP contribution in [0.4, 0.5) is 0 Å². The number of oxazole rings is 1. The van der Waals surface area contributed by atoms with E-state index in [9.17, 15) is 4.79 Å². The molecule has 2 aromatic heterocycles. The molecule has 2 heterocycles. The van der Waals surface area contributed by atoms with Crippen molar-refractivity contribution in [2.24, 2.45) is 5.92 Å². The van der Waals surface area contributed by atoms with E-state index in [4.69, 9.17) is 13.6 Å². The van der Waals surface area contributed by atoms with Crippen LogP contribution in [0.1, 0.15) is 48.5 Å². The van der Waals surface area contributed by atoms with Crippen LogP contribution in [0.2, 0.25) is 0 Å². The summed E-state index contributed by atoms with van der Waals surface area (Å²) in [7, 11) is 0. The number of ether oxygens (including phenoxy) is 1. The molecule has 21 heavy (non-hydrogen) atoms. The Balaban J connectivity index is 2.44. The zero-order valence-corrected chi connectivity index (χ0v) is 13.1. The van der Waals surface area contributed by atoms with Gasteiger partial charge in [0.25, 0.3) is 0 Å². The van der Waals surface area contributed by atoms with Crippen molar-refractivity contribution in [2.75, 3.05) is 6.61 Å². The van der Waals surface area contributed by atoms with E-state index in [1.165, 1.54) is 0 Å². The van der Waals surface area contributed by atoms with Crippen LogP contribution in [0.25, 0.3) is 11.5 Å². The van der Waals surface area contributed by atoms with Gasteiger partial charge in [0.1, 0.15) is 11.5 Å². The van der Waals surface area contributed by atoms with Gasteiger partial charge in [-0.3, -0.25) is 0 Å². The maximum absolute atomic E-state index is 12.0. The molecule has 0 spiro atoms. The third-order valence-corrected chi connectivity index (χ3v) is 3.03. The zero-order chi connectivity index (χ0) is 15.6. The molecule has 0 N–H and O–H groups in total. The van der Waals surface area contributed by atoms with Crippen molar-refractivity contribution in [1.82, 2.24) is 4.98 Å². The molecule has 0 aromatic carbocycles. The monoisotopic (exact) mass is 291 g/mol. The fraction of sp³-hybridized carbons (Fsp3) is 0.500. The lowest BCUT2D eigenvalue weighted by Crippen LogP contribution is -2.08. The topological polar surface area (TPSA) is 65.5 Å². The number of carbonyl (C=O) groups excluding carboxylic acids is 1. The Bertz CT molecular complexity index is 637. The summed E-state index contributed by atoms with van der Waals surface area (Å²) < 4.78 is 16.2. The highest BCUT2D eigenvalue weighted by Crippen LogP contribution is 2.29. The molecular formula is C16H21NO4. The number of aryl methyl sites for hydroxylation is 2. The van der Waals surface area contributed by atoms with Crippen LogP contribution < -0.4 is 0 Å². The molecule has 0 amide bonds. The smallest absolute Gasteiger partial charge is 0.376 e. The van der Waals surface area contributed by atoms with E-state index >= 15 is 0 Å². The summed E-state index contributed by atoms with van der Waals surface area (Å²) in [5.74, 6) is 2.00. The second-order valence-electron chi connectivity index (χ2n) is 5.44. The summed E-state index contributed by atoms with van der Waals surface area (Å²) in [6, 6.07) is 1.86. The Morgan fingerprint density at radius 1 is 1.33 bits per heavy atom. The molecule has 0 saturated heterocycles. The Hall–Kier alpha value is -2.04. The molecule has 0 aliphatic carbocycles. The third-order valence-electron chi connectivity index (χ3n) is 3.03. The number of aromatic nitrogens is 1. The molecular weight excluding hydrogens is 270 g/mol. The molecule has 0 aliphatic rings. The first kappa shape index (κ1) is 15.4. The van der Waals surface area contributed by atoms with Gasteiger partial charge in [-0.1, -0.05) is 13.8 Å². The number of rotatable bonds is 5. The van der Waals surface area contributed by atoms with Crippen LogP contribution in [-0.2, 0) is 11.2 Å². The SMILES string of the molecule is CCOC(=O)c1oc(-c2cc(C)oc2C)nc1CC(C)C. The first-order chi connectivity index (χ1) is 9.92. The number of carbonyl (C=O) groups is 1. The molecule has 0 fully saturated rings. The quantitative estimate of drug-likeness (QED) is 0.781. The standard InChI is InChI=1S/C16H21NO4/c1-6-19-16(18)14-13(7-9(2)3)17-15(21-14)12-8-10(4)20-11(12)5/h8-9H,6-7H2,1-5H3. The van der Waals surface area contributed by atoms with Gasteiger partial charge >= 0.3 is 5.97 Å². The van der Waals surface area contributed by atoms with Gasteiger partial charge in [0.2, 0.25) is 11.7 Å². The summed E-state index contributed by atoms with van der Waals surface area (Å²) in [6.45, 7) is 9.91. The summed E-state index contributed by atoms with van der Waals surface area (Å²) in [6.07, 6.45) is 0.660. The third kappa shape index (κ3) is 3.35. The fourth-order valence-corrected chi connectivity index (χ4v) is 2.19. The predicted octanol–water partition coefficient (Wildman–Crippen LogP) is 3.93. The summed E-state index contributed by atoms with van der Waals surface area (Å²) in [5.41, 5.74) is 1.41. The van der Waals surface area contributed by atoms with Gasteiger partial charge in [0.05, 0.1) is 17.9 Å². The van der Waals surface area contributed by atoms with Gasteiger partial charge in [-0.25, -0.2) is 9.78 Å². The largest absolute Gasteiger partial charge is 0.466 e. The van der Waals surface area contributed by atoms with Crippen molar-refractivity contribution in [3.63, 3.8) is 0 Å². The van der Waals surface area contributed by atoms with Crippen LogP contribution in [0, 0.1) is 19.8 Å². The van der Waals surface area contributed by atoms with Crippen molar-refractivity contribution in [3.8, 4) is 11.5 Å². The average Bonchev–Trinajstić information content (AvgIpc) is 2.92. The molecule has 5 nitrogen and oxygen atoms in total. The molecule has 2 aromatic rings. The lowest BCUT2D eigenvalue weighted by Gasteiger charge is -2.02. The second kappa shape index (κ2) is 6.16. The van der Waals surface area contributed by atoms with Gasteiger partial charge in [-0.2, -0.15) is 0 Å². The highest BCUT2D eigenvalue weighted by molar-refractivity contribution is 5.88. The molecule has 114 valence electrons. The maximum atomic E-state index is 12.0. The molecule has 0 radical (unpaired) electrons. The van der Waals surface area contributed by atoms with E-state index in [-0.39, 0.29) is 5.76 Å². The number of hydrogen-bond acceptors (Lipinski definition) is 5. The van der Waals surface area contributed by atoms with E-state index < -0.39 is 5.97 Å². The minimum atomic E-state index is -0.468. The van der Waals surface area contributed by atoms with Crippen molar-refractivity contribution in [1.29, 1.82) is 0 Å². The fourth-order valence-electron chi connectivity index (χ4n) is 2.19. The van der Waals surface area contributed by atoms with Crippen molar-refractivity contribution < 1.29 is 18.4 Å². The molecule has 0 unspecified atom stereocenters. The lowest BCUT2D eigenvalue weighted by atomic mass is 10.1. The van der Waals surface area contributed by atoms with E-state index in [0.29, 0.717) is 30.5 Å². The molecule has 5 heteroatoms. The maximum Gasteiger partial charge on any atom is 0.376 e. The normalized spacial score (nSPS) is 11.1. The van der Waals surface area contributed by atoms with E-state index in [2.05, 4.69) is 18.8 Å². The first-order valence-electron chi connectivity index (χ1n) is 7.16. The minimum Gasteiger partial charge on any atom is -0.466 e. The second-order valence-corrected chi connectivity index (χ2v) is 5.44. The summed E-state index contributed by atoms with van der Waals surface area (Å²) >= 11 is 0. The Kier molecular flexibility index (Phi) is 4.50. The molecule has 2 rings (SSSR count). The van der Waals surface area contributed by atoms with Gasteiger partial charge in [0, 0.05) is 0 Å². The van der Waals surface area contributed by atoms with Crippen molar-refractivity contribution in [3.05, 3.63) is 29.0 Å². The Morgan fingerprint density at radius 3 is 2.57 bits per heavy atom. The van der Waals surface area contributed by atoms with Gasteiger partial charge in [0.15, 0.2) is 0 Å². The van der Waals surface area contributed by atoms with Gasteiger partial charge in [-0.15, -0.1) is 0 Å². The van der Waals surface area contributed by atoms with Crippen LogP contribution in [0.5, 0.6) is 0 Å². The first-order valence-corrected chi connectivity index (χ1v) is 7.16. The minimum absolute atomic E-state index is 0.193. The van der Waals surface area contributed by atoms with Crippen LogP contribution in [-0.4, -0.2) is 17.6 Å². The molecule has 0 bridgehead atoms. The summed E-state index contributed by atoms with van der Waals surface area (Å²) in [5, 5.41) is 0. The Labute approximate surface area is 124 Å².